The van der Waals surface area contributed by atoms with Crippen molar-refractivity contribution in [2.45, 2.75) is 13.0 Å². The molecule has 0 bridgehead atoms. The van der Waals surface area contributed by atoms with Gasteiger partial charge in [-0.3, -0.25) is 0 Å². The smallest absolute Gasteiger partial charge is 0.151 e. The van der Waals surface area contributed by atoms with Crippen molar-refractivity contribution in [3.63, 3.8) is 0 Å². The van der Waals surface area contributed by atoms with Crippen molar-refractivity contribution in [2.75, 3.05) is 11.4 Å². The summed E-state index contributed by atoms with van der Waals surface area (Å²) in [6, 6.07) is 8.33. The summed E-state index contributed by atoms with van der Waals surface area (Å²) in [7, 11) is 0. The van der Waals surface area contributed by atoms with Gasteiger partial charge in [-0.15, -0.1) is 0 Å². The van der Waals surface area contributed by atoms with Crippen LogP contribution in [0.1, 0.15) is 11.1 Å². The molecule has 2 nitrogen and oxygen atoms in total. The van der Waals surface area contributed by atoms with Gasteiger partial charge in [-0.25, -0.2) is 4.98 Å². The van der Waals surface area contributed by atoms with E-state index in [0.717, 1.165) is 19.5 Å². The van der Waals surface area contributed by atoms with E-state index in [4.69, 9.17) is 46.4 Å². The fraction of sp³-hybridized carbons (Fsp3) is 0.214. The van der Waals surface area contributed by atoms with Crippen LogP contribution in [0.4, 0.5) is 5.82 Å². The third kappa shape index (κ3) is 2.46. The summed E-state index contributed by atoms with van der Waals surface area (Å²) in [5.74, 6) is 0.584. The normalized spacial score (nSPS) is 14.3. The Balaban J connectivity index is 2.00. The molecule has 0 saturated heterocycles. The van der Waals surface area contributed by atoms with Gasteiger partial charge in [0.15, 0.2) is 11.0 Å². The Morgan fingerprint density at radius 1 is 0.900 bits per heavy atom. The van der Waals surface area contributed by atoms with Gasteiger partial charge in [0.1, 0.15) is 5.02 Å². The van der Waals surface area contributed by atoms with Crippen molar-refractivity contribution in [3.8, 4) is 0 Å². The molecule has 0 radical (unpaired) electrons. The van der Waals surface area contributed by atoms with E-state index in [1.165, 1.54) is 11.1 Å². The first-order chi connectivity index (χ1) is 9.58. The molecular formula is C14H10Cl4N2. The molecule has 0 N–H and O–H groups in total. The Morgan fingerprint density at radius 3 is 2.35 bits per heavy atom. The largest absolute Gasteiger partial charge is 0.351 e. The number of aromatic nitrogens is 1. The third-order valence-electron chi connectivity index (χ3n) is 3.40. The van der Waals surface area contributed by atoms with Crippen LogP contribution < -0.4 is 4.90 Å². The summed E-state index contributed by atoms with van der Waals surface area (Å²) in [5, 5.41) is 0.969. The number of nitrogens with zero attached hydrogens (tertiary/aromatic N) is 2. The molecule has 0 aliphatic carbocycles. The maximum absolute atomic E-state index is 6.25. The van der Waals surface area contributed by atoms with Crippen LogP contribution in [-0.2, 0) is 13.0 Å². The second kappa shape index (κ2) is 5.61. The first kappa shape index (κ1) is 14.3. The zero-order valence-corrected chi connectivity index (χ0v) is 13.4. The highest BCUT2D eigenvalue weighted by Crippen LogP contribution is 2.40. The summed E-state index contributed by atoms with van der Waals surface area (Å²) in [6.07, 6.45) is 0.937. The number of anilines is 1. The predicted octanol–water partition coefficient (Wildman–Crippen LogP) is 5.26. The minimum Gasteiger partial charge on any atom is -0.351 e. The van der Waals surface area contributed by atoms with E-state index in [0.29, 0.717) is 10.8 Å². The van der Waals surface area contributed by atoms with E-state index in [9.17, 15) is 0 Å². The van der Waals surface area contributed by atoms with Crippen molar-refractivity contribution in [1.29, 1.82) is 0 Å². The van der Waals surface area contributed by atoms with Gasteiger partial charge in [-0.2, -0.15) is 0 Å². The lowest BCUT2D eigenvalue weighted by Crippen LogP contribution is -2.31. The van der Waals surface area contributed by atoms with Crippen LogP contribution in [0.5, 0.6) is 0 Å². The zero-order valence-electron chi connectivity index (χ0n) is 10.3. The second-order valence-corrected chi connectivity index (χ2v) is 6.10. The van der Waals surface area contributed by atoms with Gasteiger partial charge in [0.25, 0.3) is 0 Å². The molecule has 1 aromatic heterocycles. The van der Waals surface area contributed by atoms with E-state index < -0.39 is 0 Å². The van der Waals surface area contributed by atoms with Crippen LogP contribution in [0.15, 0.2) is 24.3 Å². The molecule has 0 fully saturated rings. The quantitative estimate of drug-likeness (QED) is 0.654. The summed E-state index contributed by atoms with van der Waals surface area (Å²) in [4.78, 5) is 6.34. The lowest BCUT2D eigenvalue weighted by Gasteiger charge is -2.30. The molecule has 0 spiro atoms. The van der Waals surface area contributed by atoms with E-state index in [-0.39, 0.29) is 15.2 Å². The lowest BCUT2D eigenvalue weighted by molar-refractivity contribution is 0.721. The minimum absolute atomic E-state index is 0.176. The third-order valence-corrected chi connectivity index (χ3v) is 5.06. The molecule has 3 rings (SSSR count). The van der Waals surface area contributed by atoms with Crippen LogP contribution in [0, 0.1) is 0 Å². The first-order valence-electron chi connectivity index (χ1n) is 6.09. The highest BCUT2D eigenvalue weighted by molar-refractivity contribution is 6.52. The van der Waals surface area contributed by atoms with E-state index in [1.54, 1.807) is 0 Å². The maximum atomic E-state index is 6.25. The summed E-state index contributed by atoms with van der Waals surface area (Å²) in [6.45, 7) is 1.55. The van der Waals surface area contributed by atoms with E-state index in [2.05, 4.69) is 28.1 Å². The fourth-order valence-corrected chi connectivity index (χ4v) is 3.20. The highest BCUT2D eigenvalue weighted by Gasteiger charge is 2.23. The molecule has 20 heavy (non-hydrogen) atoms. The van der Waals surface area contributed by atoms with Crippen LogP contribution in [0.3, 0.4) is 0 Å². The van der Waals surface area contributed by atoms with Gasteiger partial charge >= 0.3 is 0 Å². The molecule has 0 unspecified atom stereocenters. The topological polar surface area (TPSA) is 16.1 Å². The van der Waals surface area contributed by atoms with E-state index in [1.807, 2.05) is 6.07 Å². The average molecular weight is 348 g/mol. The standard InChI is InChI=1S/C14H10Cl4N2/c15-10-11(16)13(18)19-14(12(10)17)20-6-5-8-3-1-2-4-9(8)7-20/h1-4H,5-7H2. The van der Waals surface area contributed by atoms with Crippen molar-refractivity contribution >= 4 is 52.2 Å². The molecule has 0 atom stereocenters. The molecule has 0 amide bonds. The van der Waals surface area contributed by atoms with Gasteiger partial charge in [0, 0.05) is 13.1 Å². The predicted molar refractivity (Wildman–Crippen MR) is 85.5 cm³/mol. The van der Waals surface area contributed by atoms with Crippen LogP contribution in [0.2, 0.25) is 20.2 Å². The molecule has 0 saturated carbocycles. The maximum Gasteiger partial charge on any atom is 0.151 e. The summed E-state index contributed by atoms with van der Waals surface area (Å²) < 4.78 is 0. The Bertz CT molecular complexity index is 672. The van der Waals surface area contributed by atoms with Gasteiger partial charge in [-0.05, 0) is 17.5 Å². The Hall–Kier alpha value is -0.670. The zero-order chi connectivity index (χ0) is 14.3. The molecule has 1 aromatic carbocycles. The highest BCUT2D eigenvalue weighted by atomic mass is 35.5. The van der Waals surface area contributed by atoms with Crippen LogP contribution in [-0.4, -0.2) is 11.5 Å². The number of halogens is 4. The summed E-state index contributed by atoms with van der Waals surface area (Å²) in [5.41, 5.74) is 2.62. The van der Waals surface area contributed by atoms with E-state index >= 15 is 0 Å². The number of hydrogen-bond donors (Lipinski definition) is 0. The number of benzene rings is 1. The van der Waals surface area contributed by atoms with Crippen molar-refractivity contribution in [1.82, 2.24) is 4.98 Å². The second-order valence-electron chi connectivity index (χ2n) is 4.61. The monoisotopic (exact) mass is 346 g/mol. The number of pyridine rings is 1. The first-order valence-corrected chi connectivity index (χ1v) is 7.61. The number of rotatable bonds is 1. The SMILES string of the molecule is Clc1nc(N2CCc3ccccc3C2)c(Cl)c(Cl)c1Cl. The Morgan fingerprint density at radius 2 is 1.60 bits per heavy atom. The van der Waals surface area contributed by atoms with Crippen LogP contribution in [0.25, 0.3) is 0 Å². The average Bonchev–Trinajstić information content (AvgIpc) is 2.48. The van der Waals surface area contributed by atoms with Crippen molar-refractivity contribution in [2.24, 2.45) is 0 Å². The number of fused-ring (bicyclic) bond motifs is 1. The van der Waals surface area contributed by atoms with Gasteiger partial charge < -0.3 is 4.90 Å². The molecule has 2 heterocycles. The molecular weight excluding hydrogens is 338 g/mol. The molecule has 1 aliphatic heterocycles. The van der Waals surface area contributed by atoms with Crippen molar-refractivity contribution in [3.05, 3.63) is 55.6 Å². The molecule has 6 heteroatoms. The summed E-state index contributed by atoms with van der Waals surface area (Å²) >= 11 is 24.3. The molecule has 2 aromatic rings. The van der Waals surface area contributed by atoms with Crippen LogP contribution >= 0.6 is 46.4 Å². The number of hydrogen-bond acceptors (Lipinski definition) is 2. The Labute approximate surface area is 137 Å². The lowest BCUT2D eigenvalue weighted by atomic mass is 10.00. The Kier molecular flexibility index (Phi) is 4.00. The van der Waals surface area contributed by atoms with Gasteiger partial charge in [-0.1, -0.05) is 70.7 Å². The van der Waals surface area contributed by atoms with Crippen molar-refractivity contribution < 1.29 is 0 Å². The minimum atomic E-state index is 0.176. The van der Waals surface area contributed by atoms with Gasteiger partial charge in [0.2, 0.25) is 0 Å². The molecule has 104 valence electrons. The van der Waals surface area contributed by atoms with Gasteiger partial charge in [0.05, 0.1) is 10.0 Å². The fourth-order valence-electron chi connectivity index (χ4n) is 2.36. The molecule has 1 aliphatic rings.